The molecule has 2 aromatic heterocycles. The normalized spacial score (nSPS) is 18.2. The van der Waals surface area contributed by atoms with Crippen molar-refractivity contribution in [3.8, 4) is 11.4 Å². The number of carbonyl (C=O) groups excluding carboxylic acids is 1. The molecule has 0 aliphatic carbocycles. The van der Waals surface area contributed by atoms with E-state index in [1.54, 1.807) is 19.3 Å². The number of hydrogen-bond donors (Lipinski definition) is 0. The summed E-state index contributed by atoms with van der Waals surface area (Å²) < 4.78 is 1.99. The van der Waals surface area contributed by atoms with Crippen LogP contribution in [0.2, 0.25) is 0 Å². The van der Waals surface area contributed by atoms with Gasteiger partial charge >= 0.3 is 0 Å². The summed E-state index contributed by atoms with van der Waals surface area (Å²) in [4.78, 5) is 22.8. The van der Waals surface area contributed by atoms with Gasteiger partial charge in [-0.15, -0.1) is 0 Å². The Morgan fingerprint density at radius 3 is 2.91 bits per heavy atom. The van der Waals surface area contributed by atoms with Crippen LogP contribution in [0.3, 0.4) is 0 Å². The largest absolute Gasteiger partial charge is 0.342 e. The summed E-state index contributed by atoms with van der Waals surface area (Å²) in [5.74, 6) is 0.373. The standard InChI is InChI=1S/C17H23N5O/c1-3-10-22-15(6-7-20-22)17-16(18-8-9-19-17)14-5-4-11-21(12-14)13(2)23/h6-9,14H,3-5,10-12H2,1-2H3. The fourth-order valence-electron chi connectivity index (χ4n) is 3.26. The summed E-state index contributed by atoms with van der Waals surface area (Å²) in [6.45, 7) is 6.20. The topological polar surface area (TPSA) is 63.9 Å². The molecule has 23 heavy (non-hydrogen) atoms. The fraction of sp³-hybridized carbons (Fsp3) is 0.529. The molecule has 1 fully saturated rings. The highest BCUT2D eigenvalue weighted by Crippen LogP contribution is 2.31. The quantitative estimate of drug-likeness (QED) is 0.870. The van der Waals surface area contributed by atoms with Gasteiger partial charge in [0, 0.05) is 51.1 Å². The van der Waals surface area contributed by atoms with Gasteiger partial charge < -0.3 is 4.90 Å². The van der Waals surface area contributed by atoms with Gasteiger partial charge in [0.25, 0.3) is 0 Å². The molecule has 1 amide bonds. The SMILES string of the molecule is CCCn1nccc1-c1nccnc1C1CCCN(C(C)=O)C1. The van der Waals surface area contributed by atoms with Crippen molar-refractivity contribution >= 4 is 5.91 Å². The molecule has 0 N–H and O–H groups in total. The molecule has 1 saturated heterocycles. The Balaban J connectivity index is 1.94. The van der Waals surface area contributed by atoms with Gasteiger partial charge in [-0.1, -0.05) is 6.92 Å². The molecule has 122 valence electrons. The third kappa shape index (κ3) is 3.25. The maximum atomic E-state index is 11.7. The first-order valence-electron chi connectivity index (χ1n) is 8.29. The average molecular weight is 313 g/mol. The lowest BCUT2D eigenvalue weighted by Crippen LogP contribution is -2.38. The number of carbonyl (C=O) groups is 1. The minimum absolute atomic E-state index is 0.135. The van der Waals surface area contributed by atoms with Crippen molar-refractivity contribution in [3.63, 3.8) is 0 Å². The minimum atomic E-state index is 0.135. The second kappa shape index (κ2) is 6.89. The zero-order valence-corrected chi connectivity index (χ0v) is 13.8. The molecule has 6 nitrogen and oxygen atoms in total. The van der Waals surface area contributed by atoms with E-state index >= 15 is 0 Å². The van der Waals surface area contributed by atoms with Gasteiger partial charge in [-0.3, -0.25) is 19.4 Å². The summed E-state index contributed by atoms with van der Waals surface area (Å²) in [5.41, 5.74) is 2.89. The molecule has 3 rings (SSSR count). The molecule has 2 aromatic rings. The highest BCUT2D eigenvalue weighted by Gasteiger charge is 2.27. The van der Waals surface area contributed by atoms with E-state index in [9.17, 15) is 4.79 Å². The number of nitrogens with zero attached hydrogens (tertiary/aromatic N) is 5. The predicted molar refractivity (Wildman–Crippen MR) is 87.8 cm³/mol. The van der Waals surface area contributed by atoms with Gasteiger partial charge in [-0.25, -0.2) is 0 Å². The van der Waals surface area contributed by atoms with E-state index in [2.05, 4.69) is 22.0 Å². The van der Waals surface area contributed by atoms with Crippen molar-refractivity contribution in [2.24, 2.45) is 0 Å². The average Bonchev–Trinajstić information content (AvgIpc) is 3.03. The predicted octanol–water partition coefficient (Wildman–Crippen LogP) is 2.48. The Bertz CT molecular complexity index is 681. The van der Waals surface area contributed by atoms with E-state index < -0.39 is 0 Å². The lowest BCUT2D eigenvalue weighted by atomic mass is 9.92. The molecular formula is C17H23N5O. The van der Waals surface area contributed by atoms with Crippen molar-refractivity contribution in [1.29, 1.82) is 0 Å². The Labute approximate surface area is 136 Å². The van der Waals surface area contributed by atoms with Crippen LogP contribution in [0.4, 0.5) is 0 Å². The van der Waals surface area contributed by atoms with E-state index in [0.29, 0.717) is 0 Å². The number of amides is 1. The van der Waals surface area contributed by atoms with Gasteiger partial charge in [0.2, 0.25) is 5.91 Å². The lowest BCUT2D eigenvalue weighted by molar-refractivity contribution is -0.130. The first-order valence-corrected chi connectivity index (χ1v) is 8.29. The fourth-order valence-corrected chi connectivity index (χ4v) is 3.26. The Morgan fingerprint density at radius 2 is 2.13 bits per heavy atom. The van der Waals surface area contributed by atoms with Gasteiger partial charge in [0.15, 0.2) is 0 Å². The number of piperidine rings is 1. The van der Waals surface area contributed by atoms with E-state index in [1.807, 2.05) is 21.8 Å². The van der Waals surface area contributed by atoms with Gasteiger partial charge in [0.1, 0.15) is 5.69 Å². The van der Waals surface area contributed by atoms with Crippen LogP contribution >= 0.6 is 0 Å². The first kappa shape index (κ1) is 15.6. The van der Waals surface area contributed by atoms with Crippen molar-refractivity contribution < 1.29 is 4.79 Å². The van der Waals surface area contributed by atoms with E-state index in [0.717, 1.165) is 56.0 Å². The van der Waals surface area contributed by atoms with Crippen LogP contribution in [-0.4, -0.2) is 43.6 Å². The summed E-state index contributed by atoms with van der Waals surface area (Å²) in [6, 6.07) is 1.99. The summed E-state index contributed by atoms with van der Waals surface area (Å²) in [6.07, 6.45) is 8.35. The molecule has 1 aliphatic heterocycles. The molecule has 0 aromatic carbocycles. The maximum absolute atomic E-state index is 11.7. The van der Waals surface area contributed by atoms with Crippen LogP contribution in [0.25, 0.3) is 11.4 Å². The third-order valence-corrected chi connectivity index (χ3v) is 4.37. The van der Waals surface area contributed by atoms with Crippen molar-refractivity contribution in [2.45, 2.75) is 45.6 Å². The minimum Gasteiger partial charge on any atom is -0.342 e. The number of hydrogen-bond acceptors (Lipinski definition) is 4. The smallest absolute Gasteiger partial charge is 0.219 e. The van der Waals surface area contributed by atoms with E-state index in [1.165, 1.54) is 0 Å². The zero-order valence-electron chi connectivity index (χ0n) is 13.8. The molecule has 0 bridgehead atoms. The molecule has 6 heteroatoms. The third-order valence-electron chi connectivity index (χ3n) is 4.37. The Kier molecular flexibility index (Phi) is 4.69. The lowest BCUT2D eigenvalue weighted by Gasteiger charge is -2.32. The maximum Gasteiger partial charge on any atom is 0.219 e. The van der Waals surface area contributed by atoms with Crippen LogP contribution in [0.5, 0.6) is 0 Å². The molecular weight excluding hydrogens is 290 g/mol. The van der Waals surface area contributed by atoms with Gasteiger partial charge in [-0.2, -0.15) is 5.10 Å². The Morgan fingerprint density at radius 1 is 1.30 bits per heavy atom. The van der Waals surface area contributed by atoms with Crippen molar-refractivity contribution in [1.82, 2.24) is 24.6 Å². The summed E-state index contributed by atoms with van der Waals surface area (Å²) in [5, 5.41) is 4.40. The molecule has 1 unspecified atom stereocenters. The zero-order chi connectivity index (χ0) is 16.2. The van der Waals surface area contributed by atoms with Crippen LogP contribution in [0, 0.1) is 0 Å². The van der Waals surface area contributed by atoms with Crippen molar-refractivity contribution in [3.05, 3.63) is 30.4 Å². The molecule has 0 saturated carbocycles. The summed E-state index contributed by atoms with van der Waals surface area (Å²) in [7, 11) is 0. The number of aryl methyl sites for hydroxylation is 1. The first-order chi connectivity index (χ1) is 11.2. The van der Waals surface area contributed by atoms with Crippen LogP contribution in [0.1, 0.15) is 44.7 Å². The van der Waals surface area contributed by atoms with Crippen LogP contribution in [-0.2, 0) is 11.3 Å². The molecule has 3 heterocycles. The second-order valence-corrected chi connectivity index (χ2v) is 6.03. The van der Waals surface area contributed by atoms with Gasteiger partial charge in [-0.05, 0) is 25.3 Å². The second-order valence-electron chi connectivity index (χ2n) is 6.03. The monoisotopic (exact) mass is 313 g/mol. The molecule has 1 aliphatic rings. The van der Waals surface area contributed by atoms with Crippen LogP contribution < -0.4 is 0 Å². The van der Waals surface area contributed by atoms with Crippen LogP contribution in [0.15, 0.2) is 24.7 Å². The molecule has 0 spiro atoms. The highest BCUT2D eigenvalue weighted by atomic mass is 16.2. The molecule has 1 atom stereocenters. The van der Waals surface area contributed by atoms with Gasteiger partial charge in [0.05, 0.1) is 11.4 Å². The number of likely N-dealkylation sites (tertiary alicyclic amines) is 1. The number of aromatic nitrogens is 4. The van der Waals surface area contributed by atoms with E-state index in [4.69, 9.17) is 0 Å². The number of rotatable bonds is 4. The van der Waals surface area contributed by atoms with E-state index in [-0.39, 0.29) is 11.8 Å². The summed E-state index contributed by atoms with van der Waals surface area (Å²) >= 11 is 0. The molecule has 0 radical (unpaired) electrons. The van der Waals surface area contributed by atoms with Crippen molar-refractivity contribution in [2.75, 3.05) is 13.1 Å². The Hall–Kier alpha value is -2.24. The highest BCUT2D eigenvalue weighted by molar-refractivity contribution is 5.73.